The minimum atomic E-state index is -0.354. The molecule has 0 aromatic heterocycles. The van der Waals surface area contributed by atoms with Crippen LogP contribution in [0.3, 0.4) is 0 Å². The van der Waals surface area contributed by atoms with Crippen molar-refractivity contribution in [1.82, 2.24) is 0 Å². The van der Waals surface area contributed by atoms with E-state index in [2.05, 4.69) is 17.0 Å². The van der Waals surface area contributed by atoms with Gasteiger partial charge in [-0.2, -0.15) is 0 Å². The highest BCUT2D eigenvalue weighted by molar-refractivity contribution is 6.46. The first-order valence-corrected chi connectivity index (χ1v) is 12.7. The van der Waals surface area contributed by atoms with E-state index in [1.807, 2.05) is 72.8 Å². The molecule has 182 valence electrons. The molecule has 0 unspecified atom stereocenters. The van der Waals surface area contributed by atoms with Crippen LogP contribution in [0.4, 0.5) is 17.1 Å². The number of anilines is 3. The molecule has 1 aliphatic carbocycles. The second-order valence-electron chi connectivity index (χ2n) is 9.16. The van der Waals surface area contributed by atoms with Gasteiger partial charge in [0.1, 0.15) is 0 Å². The minimum Gasteiger partial charge on any atom is -0.452 e. The van der Waals surface area contributed by atoms with E-state index in [9.17, 15) is 9.59 Å². The summed E-state index contributed by atoms with van der Waals surface area (Å²) in [6.45, 7) is 0. The number of rotatable bonds is 2. The highest BCUT2D eigenvalue weighted by Gasteiger charge is 2.34. The van der Waals surface area contributed by atoms with Gasteiger partial charge in [-0.1, -0.05) is 65.7 Å². The van der Waals surface area contributed by atoms with Crippen molar-refractivity contribution in [3.63, 3.8) is 0 Å². The Morgan fingerprint density at radius 3 is 2.11 bits per heavy atom. The molecule has 0 saturated carbocycles. The van der Waals surface area contributed by atoms with E-state index in [0.29, 0.717) is 0 Å². The molecule has 4 nitrogen and oxygen atoms in total. The normalized spacial score (nSPS) is 13.7. The van der Waals surface area contributed by atoms with E-state index in [-0.39, 0.29) is 38.3 Å². The first kappa shape index (κ1) is 22.8. The van der Waals surface area contributed by atoms with E-state index in [0.717, 1.165) is 44.9 Å². The standard InChI is InChI=1S/C32H17Cl2NO3/c33-25-16-22-23(17-26(25)34)31(37)24(30(22)36)15-18-10-12-21-19(14-18)11-13-28-32(21)38-29-9-5-4-8-27(29)35(28)20-6-2-1-3-7-20/h1-17H. The summed E-state index contributed by atoms with van der Waals surface area (Å²) in [4.78, 5) is 28.2. The highest BCUT2D eigenvalue weighted by Crippen LogP contribution is 2.52. The van der Waals surface area contributed by atoms with Crippen molar-refractivity contribution in [3.8, 4) is 11.5 Å². The second kappa shape index (κ2) is 8.59. The van der Waals surface area contributed by atoms with Crippen molar-refractivity contribution < 1.29 is 14.3 Å². The second-order valence-corrected chi connectivity index (χ2v) is 9.98. The number of fused-ring (bicyclic) bond motifs is 5. The van der Waals surface area contributed by atoms with Gasteiger partial charge in [0.2, 0.25) is 0 Å². The lowest BCUT2D eigenvalue weighted by molar-refractivity contribution is 0.0990. The van der Waals surface area contributed by atoms with Gasteiger partial charge in [0.05, 0.1) is 27.0 Å². The van der Waals surface area contributed by atoms with Gasteiger partial charge in [0.15, 0.2) is 23.1 Å². The predicted octanol–water partition coefficient (Wildman–Crippen LogP) is 9.18. The molecule has 0 atom stereocenters. The molecule has 0 amide bonds. The molecule has 38 heavy (non-hydrogen) atoms. The molecule has 7 rings (SSSR count). The fraction of sp³-hybridized carbons (Fsp3) is 0. The third-order valence-electron chi connectivity index (χ3n) is 6.90. The van der Waals surface area contributed by atoms with Crippen LogP contribution < -0.4 is 9.64 Å². The summed E-state index contributed by atoms with van der Waals surface area (Å²) >= 11 is 12.2. The van der Waals surface area contributed by atoms with Crippen LogP contribution in [0.15, 0.2) is 103 Å². The molecule has 0 N–H and O–H groups in total. The number of halogens is 2. The number of Topliss-reactive ketones (excluding diaryl/α,β-unsaturated/α-hetero) is 2. The van der Waals surface area contributed by atoms with E-state index < -0.39 is 0 Å². The zero-order chi connectivity index (χ0) is 26.0. The van der Waals surface area contributed by atoms with Crippen molar-refractivity contribution in [1.29, 1.82) is 0 Å². The SMILES string of the molecule is O=C1C(=Cc2ccc3c4c(ccc3c2)N(c2ccccc2)c2ccccc2O4)C(=O)c2cc(Cl)c(Cl)cc21. The molecule has 0 saturated heterocycles. The molecule has 1 aliphatic heterocycles. The van der Waals surface area contributed by atoms with Gasteiger partial charge in [-0.15, -0.1) is 0 Å². The molecule has 1 heterocycles. The maximum Gasteiger partial charge on any atom is 0.197 e. The molecular formula is C32H17Cl2NO3. The zero-order valence-electron chi connectivity index (χ0n) is 19.7. The smallest absolute Gasteiger partial charge is 0.197 e. The summed E-state index contributed by atoms with van der Waals surface area (Å²) in [7, 11) is 0. The molecular weight excluding hydrogens is 517 g/mol. The summed E-state index contributed by atoms with van der Waals surface area (Å²) in [6, 6.07) is 30.9. The van der Waals surface area contributed by atoms with Gasteiger partial charge < -0.3 is 9.64 Å². The monoisotopic (exact) mass is 533 g/mol. The number of nitrogens with zero attached hydrogens (tertiary/aromatic N) is 1. The summed E-state index contributed by atoms with van der Waals surface area (Å²) in [5, 5.41) is 2.34. The Hall–Kier alpha value is -4.38. The fourth-order valence-corrected chi connectivity index (χ4v) is 5.45. The van der Waals surface area contributed by atoms with Gasteiger partial charge in [0.25, 0.3) is 0 Å². The van der Waals surface area contributed by atoms with Crippen LogP contribution >= 0.6 is 23.2 Å². The van der Waals surface area contributed by atoms with E-state index in [1.54, 1.807) is 6.08 Å². The maximum atomic E-state index is 13.0. The van der Waals surface area contributed by atoms with Crippen LogP contribution in [0, 0.1) is 0 Å². The summed E-state index contributed by atoms with van der Waals surface area (Å²) in [5.41, 5.74) is 4.30. The van der Waals surface area contributed by atoms with Gasteiger partial charge >= 0.3 is 0 Å². The molecule has 5 aromatic rings. The summed E-state index contributed by atoms with van der Waals surface area (Å²) in [5.74, 6) is 0.800. The van der Waals surface area contributed by atoms with E-state index in [4.69, 9.17) is 27.9 Å². The Bertz CT molecular complexity index is 1820. The number of hydrogen-bond acceptors (Lipinski definition) is 4. The van der Waals surface area contributed by atoms with Gasteiger partial charge in [-0.25, -0.2) is 0 Å². The Morgan fingerprint density at radius 2 is 1.37 bits per heavy atom. The summed E-state index contributed by atoms with van der Waals surface area (Å²) in [6.07, 6.45) is 1.62. The highest BCUT2D eigenvalue weighted by atomic mass is 35.5. The van der Waals surface area contributed by atoms with E-state index >= 15 is 0 Å². The van der Waals surface area contributed by atoms with Crippen LogP contribution in [0.2, 0.25) is 10.0 Å². The van der Waals surface area contributed by atoms with Crippen LogP contribution in [-0.2, 0) is 0 Å². The van der Waals surface area contributed by atoms with Crippen molar-refractivity contribution in [2.75, 3.05) is 4.90 Å². The van der Waals surface area contributed by atoms with Crippen LogP contribution in [0.5, 0.6) is 11.5 Å². The predicted molar refractivity (Wildman–Crippen MR) is 152 cm³/mol. The van der Waals surface area contributed by atoms with Crippen LogP contribution in [-0.4, -0.2) is 11.6 Å². The number of ketones is 2. The average molecular weight is 534 g/mol. The number of allylic oxidation sites excluding steroid dienone is 1. The maximum absolute atomic E-state index is 13.0. The van der Waals surface area contributed by atoms with Crippen molar-refractivity contribution in [2.45, 2.75) is 0 Å². The molecule has 6 heteroatoms. The lowest BCUT2D eigenvalue weighted by Gasteiger charge is -2.33. The minimum absolute atomic E-state index is 0.0936. The number of carbonyl (C=O) groups excluding carboxylic acids is 2. The molecule has 5 aromatic carbocycles. The summed E-state index contributed by atoms with van der Waals surface area (Å²) < 4.78 is 6.42. The first-order chi connectivity index (χ1) is 18.5. The van der Waals surface area contributed by atoms with Crippen LogP contribution in [0.1, 0.15) is 26.3 Å². The van der Waals surface area contributed by atoms with E-state index in [1.165, 1.54) is 12.1 Å². The number of carbonyl (C=O) groups is 2. The lowest BCUT2D eigenvalue weighted by Crippen LogP contribution is -2.15. The lowest BCUT2D eigenvalue weighted by atomic mass is 10.0. The third kappa shape index (κ3) is 3.46. The van der Waals surface area contributed by atoms with Gasteiger partial charge in [0, 0.05) is 22.2 Å². The number of hydrogen-bond donors (Lipinski definition) is 0. The molecule has 2 aliphatic rings. The Balaban J connectivity index is 1.33. The third-order valence-corrected chi connectivity index (χ3v) is 7.62. The Labute approximate surface area is 228 Å². The quantitative estimate of drug-likeness (QED) is 0.164. The van der Waals surface area contributed by atoms with Crippen LogP contribution in [0.25, 0.3) is 16.8 Å². The fourth-order valence-electron chi connectivity index (χ4n) is 5.12. The van der Waals surface area contributed by atoms with Crippen molar-refractivity contribution in [2.24, 2.45) is 0 Å². The largest absolute Gasteiger partial charge is 0.452 e. The van der Waals surface area contributed by atoms with Gasteiger partial charge in [-0.3, -0.25) is 9.59 Å². The molecule has 0 spiro atoms. The molecule has 0 fully saturated rings. The van der Waals surface area contributed by atoms with Crippen molar-refractivity contribution >= 4 is 68.7 Å². The number of benzene rings is 5. The first-order valence-electron chi connectivity index (χ1n) is 12.0. The molecule has 0 bridgehead atoms. The average Bonchev–Trinajstić information content (AvgIpc) is 3.16. The zero-order valence-corrected chi connectivity index (χ0v) is 21.3. The van der Waals surface area contributed by atoms with Gasteiger partial charge in [-0.05, 0) is 71.6 Å². The Morgan fingerprint density at radius 1 is 0.684 bits per heavy atom. The molecule has 0 radical (unpaired) electrons. The number of ether oxygens (including phenoxy) is 1. The number of para-hydroxylation sites is 3. The topological polar surface area (TPSA) is 46.6 Å². The van der Waals surface area contributed by atoms with Crippen molar-refractivity contribution in [3.05, 3.63) is 129 Å². The Kier molecular flexibility index (Phi) is 5.15.